The Labute approximate surface area is 175 Å². The van der Waals surface area contributed by atoms with E-state index in [9.17, 15) is 9.59 Å². The van der Waals surface area contributed by atoms with E-state index >= 15 is 0 Å². The highest BCUT2D eigenvalue weighted by Crippen LogP contribution is 2.16. The molecular weight excluding hydrogens is 396 g/mol. The van der Waals surface area contributed by atoms with Crippen LogP contribution in [0, 0.1) is 0 Å². The Kier molecular flexibility index (Phi) is 8.22. The molecule has 0 aliphatic rings. The highest BCUT2D eigenvalue weighted by molar-refractivity contribution is 7.80. The van der Waals surface area contributed by atoms with Crippen molar-refractivity contribution >= 4 is 46.4 Å². The molecule has 2 aromatic carbocycles. The second-order valence-corrected chi connectivity index (χ2v) is 7.26. The lowest BCUT2D eigenvalue weighted by Gasteiger charge is -2.13. The fourth-order valence-electron chi connectivity index (χ4n) is 2.30. The second kappa shape index (κ2) is 10.6. The van der Waals surface area contributed by atoms with Gasteiger partial charge in [0.05, 0.1) is 0 Å². The van der Waals surface area contributed by atoms with Crippen LogP contribution in [-0.4, -0.2) is 23.5 Å². The Morgan fingerprint density at radius 2 is 1.64 bits per heavy atom. The third-order valence-electron chi connectivity index (χ3n) is 3.89. The lowest BCUT2D eigenvalue weighted by molar-refractivity contribution is -0.121. The van der Waals surface area contributed by atoms with E-state index < -0.39 is 0 Å². The first-order valence-corrected chi connectivity index (χ1v) is 9.63. The fraction of sp³-hybridized carbons (Fsp3) is 0.250. The van der Waals surface area contributed by atoms with E-state index in [2.05, 4.69) is 35.3 Å². The Bertz CT molecular complexity index is 823. The molecule has 2 aromatic rings. The molecule has 4 N–H and O–H groups in total. The Morgan fingerprint density at radius 3 is 2.25 bits per heavy atom. The van der Waals surface area contributed by atoms with Crippen molar-refractivity contribution in [2.45, 2.75) is 26.2 Å². The standard InChI is InChI=1S/C20H23ClN4O2S/c1-13(2)14-5-9-17(10-6-14)23-20(28)25-24-18(26)11-12-22-19(27)15-3-7-16(21)8-4-15/h3-10,13H,11-12H2,1-2H3,(H,22,27)(H,24,26)(H2,23,25,28). The Balaban J connectivity index is 1.66. The quantitative estimate of drug-likeness (QED) is 0.425. The molecule has 2 rings (SSSR count). The van der Waals surface area contributed by atoms with Gasteiger partial charge in [-0.25, -0.2) is 0 Å². The highest BCUT2D eigenvalue weighted by atomic mass is 35.5. The average Bonchev–Trinajstić information content (AvgIpc) is 2.67. The molecule has 0 bridgehead atoms. The number of halogens is 1. The van der Waals surface area contributed by atoms with Crippen molar-refractivity contribution < 1.29 is 9.59 Å². The zero-order chi connectivity index (χ0) is 20.5. The van der Waals surface area contributed by atoms with Crippen molar-refractivity contribution in [3.63, 3.8) is 0 Å². The van der Waals surface area contributed by atoms with Crippen LogP contribution in [0.1, 0.15) is 42.1 Å². The van der Waals surface area contributed by atoms with Crippen LogP contribution in [0.2, 0.25) is 5.02 Å². The van der Waals surface area contributed by atoms with E-state index in [-0.39, 0.29) is 29.9 Å². The number of hydrazine groups is 1. The molecule has 148 valence electrons. The predicted molar refractivity (Wildman–Crippen MR) is 116 cm³/mol. The van der Waals surface area contributed by atoms with Crippen molar-refractivity contribution in [3.05, 3.63) is 64.7 Å². The van der Waals surface area contributed by atoms with Crippen LogP contribution in [0.25, 0.3) is 0 Å². The first kappa shape index (κ1) is 21.7. The van der Waals surface area contributed by atoms with Crippen LogP contribution in [0.15, 0.2) is 48.5 Å². The number of hydrogen-bond donors (Lipinski definition) is 4. The van der Waals surface area contributed by atoms with Gasteiger partial charge in [0.15, 0.2) is 5.11 Å². The summed E-state index contributed by atoms with van der Waals surface area (Å²) in [7, 11) is 0. The molecule has 8 heteroatoms. The molecule has 0 saturated heterocycles. The third-order valence-corrected chi connectivity index (χ3v) is 4.35. The first-order valence-electron chi connectivity index (χ1n) is 8.84. The van der Waals surface area contributed by atoms with Gasteiger partial charge in [-0.1, -0.05) is 37.6 Å². The second-order valence-electron chi connectivity index (χ2n) is 6.42. The van der Waals surface area contributed by atoms with Crippen LogP contribution in [0.3, 0.4) is 0 Å². The van der Waals surface area contributed by atoms with Crippen LogP contribution >= 0.6 is 23.8 Å². The minimum atomic E-state index is -0.296. The van der Waals surface area contributed by atoms with Crippen LogP contribution in [-0.2, 0) is 4.79 Å². The number of carbonyl (C=O) groups excluding carboxylic acids is 2. The first-order chi connectivity index (χ1) is 13.3. The van der Waals surface area contributed by atoms with Gasteiger partial charge in [-0.05, 0) is 60.1 Å². The number of carbonyl (C=O) groups is 2. The zero-order valence-electron chi connectivity index (χ0n) is 15.7. The molecule has 0 aliphatic carbocycles. The van der Waals surface area contributed by atoms with Gasteiger partial charge in [0.2, 0.25) is 5.91 Å². The van der Waals surface area contributed by atoms with Gasteiger partial charge >= 0.3 is 0 Å². The number of nitrogens with one attached hydrogen (secondary N) is 4. The van der Waals surface area contributed by atoms with Crippen molar-refractivity contribution in [2.75, 3.05) is 11.9 Å². The minimum absolute atomic E-state index is 0.109. The summed E-state index contributed by atoms with van der Waals surface area (Å²) in [6.45, 7) is 4.45. The number of benzene rings is 2. The number of anilines is 1. The molecule has 0 aromatic heterocycles. The predicted octanol–water partition coefficient (Wildman–Crippen LogP) is 3.60. The van der Waals surface area contributed by atoms with E-state index in [1.165, 1.54) is 5.56 Å². The summed E-state index contributed by atoms with van der Waals surface area (Å²) >= 11 is 10.9. The maximum atomic E-state index is 11.9. The molecule has 0 heterocycles. The van der Waals surface area contributed by atoms with E-state index in [0.29, 0.717) is 16.5 Å². The third kappa shape index (κ3) is 7.17. The molecule has 0 fully saturated rings. The molecule has 0 saturated carbocycles. The Morgan fingerprint density at radius 1 is 1.00 bits per heavy atom. The average molecular weight is 419 g/mol. The summed E-state index contributed by atoms with van der Waals surface area (Å²) in [6, 6.07) is 14.4. The zero-order valence-corrected chi connectivity index (χ0v) is 17.3. The number of hydrogen-bond acceptors (Lipinski definition) is 3. The van der Waals surface area contributed by atoms with Crippen LogP contribution in [0.4, 0.5) is 5.69 Å². The van der Waals surface area contributed by atoms with Gasteiger partial charge in [-0.15, -0.1) is 0 Å². The van der Waals surface area contributed by atoms with Crippen LogP contribution in [0.5, 0.6) is 0 Å². The van der Waals surface area contributed by atoms with E-state index in [4.69, 9.17) is 23.8 Å². The molecule has 0 spiro atoms. The topological polar surface area (TPSA) is 82.3 Å². The number of rotatable bonds is 6. The SMILES string of the molecule is CC(C)c1ccc(NC(=S)NNC(=O)CCNC(=O)c2ccc(Cl)cc2)cc1. The van der Waals surface area contributed by atoms with Gasteiger partial charge in [-0.3, -0.25) is 20.4 Å². The maximum Gasteiger partial charge on any atom is 0.251 e. The van der Waals surface area contributed by atoms with E-state index in [1.54, 1.807) is 24.3 Å². The molecule has 0 atom stereocenters. The van der Waals surface area contributed by atoms with Crippen molar-refractivity contribution in [1.29, 1.82) is 0 Å². The minimum Gasteiger partial charge on any atom is -0.352 e. The van der Waals surface area contributed by atoms with Crippen molar-refractivity contribution in [1.82, 2.24) is 16.2 Å². The molecule has 6 nitrogen and oxygen atoms in total. The molecule has 0 unspecified atom stereocenters. The van der Waals surface area contributed by atoms with Gasteiger partial charge in [0, 0.05) is 29.2 Å². The van der Waals surface area contributed by atoms with Gasteiger partial charge < -0.3 is 10.6 Å². The summed E-state index contributed by atoms with van der Waals surface area (Å²) in [6.07, 6.45) is 0.109. The van der Waals surface area contributed by atoms with Crippen molar-refractivity contribution in [3.8, 4) is 0 Å². The fourth-order valence-corrected chi connectivity index (χ4v) is 2.59. The Hall–Kier alpha value is -2.64. The summed E-state index contributed by atoms with van der Waals surface area (Å²) in [5.74, 6) is -0.103. The molecule has 0 radical (unpaired) electrons. The normalized spacial score (nSPS) is 10.3. The lowest BCUT2D eigenvalue weighted by atomic mass is 10.0. The largest absolute Gasteiger partial charge is 0.352 e. The molecule has 0 aliphatic heterocycles. The van der Waals surface area contributed by atoms with Gasteiger partial charge in [0.25, 0.3) is 5.91 Å². The monoisotopic (exact) mass is 418 g/mol. The van der Waals surface area contributed by atoms with Gasteiger partial charge in [-0.2, -0.15) is 0 Å². The van der Waals surface area contributed by atoms with Crippen molar-refractivity contribution in [2.24, 2.45) is 0 Å². The highest BCUT2D eigenvalue weighted by Gasteiger charge is 2.07. The molecular formula is C20H23ClN4O2S. The van der Waals surface area contributed by atoms with E-state index in [1.807, 2.05) is 24.3 Å². The molecule has 28 heavy (non-hydrogen) atoms. The van der Waals surface area contributed by atoms with Gasteiger partial charge in [0.1, 0.15) is 0 Å². The number of thiocarbonyl (C=S) groups is 1. The summed E-state index contributed by atoms with van der Waals surface area (Å²) in [5, 5.41) is 6.49. The summed E-state index contributed by atoms with van der Waals surface area (Å²) in [4.78, 5) is 23.8. The molecule has 2 amide bonds. The summed E-state index contributed by atoms with van der Waals surface area (Å²) < 4.78 is 0. The van der Waals surface area contributed by atoms with Crippen LogP contribution < -0.4 is 21.5 Å². The smallest absolute Gasteiger partial charge is 0.251 e. The maximum absolute atomic E-state index is 11.9. The lowest BCUT2D eigenvalue weighted by Crippen LogP contribution is -2.44. The summed E-state index contributed by atoms with van der Waals surface area (Å²) in [5.41, 5.74) is 7.67. The van der Waals surface area contributed by atoms with E-state index in [0.717, 1.165) is 5.69 Å². The number of amides is 2.